The van der Waals surface area contributed by atoms with Crippen LogP contribution in [-0.2, 0) is 6.54 Å². The van der Waals surface area contributed by atoms with Crippen LogP contribution < -0.4 is 10.1 Å². The summed E-state index contributed by atoms with van der Waals surface area (Å²) in [5.74, 6) is 1.54. The summed E-state index contributed by atoms with van der Waals surface area (Å²) in [6, 6.07) is 15.7. The van der Waals surface area contributed by atoms with Gasteiger partial charge in [0.05, 0.1) is 36.2 Å². The molecule has 0 unspecified atom stereocenters. The fourth-order valence-electron chi connectivity index (χ4n) is 2.70. The summed E-state index contributed by atoms with van der Waals surface area (Å²) in [6.07, 6.45) is 3.56. The van der Waals surface area contributed by atoms with Gasteiger partial charge in [0, 0.05) is 17.7 Å². The quantitative estimate of drug-likeness (QED) is 0.584. The van der Waals surface area contributed by atoms with Gasteiger partial charge in [-0.05, 0) is 24.3 Å². The normalized spacial score (nSPS) is 10.8. The van der Waals surface area contributed by atoms with E-state index in [1.807, 2.05) is 54.7 Å². The van der Waals surface area contributed by atoms with Crippen LogP contribution in [0.15, 0.2) is 60.9 Å². The van der Waals surface area contributed by atoms with Crippen molar-refractivity contribution in [2.75, 3.05) is 12.4 Å². The molecule has 4 aromatic rings. The van der Waals surface area contributed by atoms with Gasteiger partial charge >= 0.3 is 0 Å². The molecule has 25 heavy (non-hydrogen) atoms. The molecule has 2 N–H and O–H groups in total. The minimum atomic E-state index is 0.593. The van der Waals surface area contributed by atoms with Crippen LogP contribution in [0.25, 0.3) is 22.3 Å². The van der Waals surface area contributed by atoms with E-state index in [2.05, 4.69) is 25.5 Å². The number of aromatic nitrogens is 4. The lowest BCUT2D eigenvalue weighted by molar-refractivity contribution is 0.415. The SMILES string of the molecule is COc1cccc(-c2[nH]ncc2CNc2cnc3ccccc3n2)c1. The average Bonchev–Trinajstić information content (AvgIpc) is 3.15. The van der Waals surface area contributed by atoms with E-state index in [-0.39, 0.29) is 0 Å². The van der Waals surface area contributed by atoms with Crippen LogP contribution in [0.4, 0.5) is 5.82 Å². The maximum atomic E-state index is 5.29. The van der Waals surface area contributed by atoms with E-state index < -0.39 is 0 Å². The molecule has 2 heterocycles. The van der Waals surface area contributed by atoms with E-state index in [0.717, 1.165) is 39.4 Å². The van der Waals surface area contributed by atoms with Gasteiger partial charge in [-0.1, -0.05) is 24.3 Å². The highest BCUT2D eigenvalue weighted by Crippen LogP contribution is 2.25. The van der Waals surface area contributed by atoms with Crippen molar-refractivity contribution >= 4 is 16.9 Å². The van der Waals surface area contributed by atoms with Crippen LogP contribution in [0, 0.1) is 0 Å². The molecule has 2 aromatic carbocycles. The molecule has 0 spiro atoms. The van der Waals surface area contributed by atoms with Gasteiger partial charge in [0.15, 0.2) is 0 Å². The second-order valence-electron chi connectivity index (χ2n) is 5.60. The largest absolute Gasteiger partial charge is 0.497 e. The molecule has 4 rings (SSSR count). The van der Waals surface area contributed by atoms with Crippen molar-refractivity contribution in [2.24, 2.45) is 0 Å². The molecule has 0 aliphatic rings. The standard InChI is InChI=1S/C19H17N5O/c1-25-15-6-4-5-13(9-15)19-14(11-22-24-19)10-21-18-12-20-16-7-2-3-8-17(16)23-18/h2-9,11-12H,10H2,1H3,(H,21,23)(H,22,24). The Kier molecular flexibility index (Phi) is 4.00. The van der Waals surface area contributed by atoms with Crippen LogP contribution in [0.1, 0.15) is 5.56 Å². The highest BCUT2D eigenvalue weighted by molar-refractivity contribution is 5.75. The molecular formula is C19H17N5O. The molecule has 0 atom stereocenters. The summed E-state index contributed by atoms with van der Waals surface area (Å²) < 4.78 is 5.29. The van der Waals surface area contributed by atoms with E-state index in [4.69, 9.17) is 4.74 Å². The van der Waals surface area contributed by atoms with Crippen LogP contribution in [0.3, 0.4) is 0 Å². The molecule has 6 nitrogen and oxygen atoms in total. The van der Waals surface area contributed by atoms with Crippen LogP contribution in [0.2, 0.25) is 0 Å². The van der Waals surface area contributed by atoms with Crippen molar-refractivity contribution < 1.29 is 4.74 Å². The number of para-hydroxylation sites is 2. The van der Waals surface area contributed by atoms with Gasteiger partial charge in [0.2, 0.25) is 0 Å². The van der Waals surface area contributed by atoms with Crippen molar-refractivity contribution in [3.63, 3.8) is 0 Å². The lowest BCUT2D eigenvalue weighted by Gasteiger charge is -2.08. The highest BCUT2D eigenvalue weighted by atomic mass is 16.5. The molecule has 0 aliphatic carbocycles. The van der Waals surface area contributed by atoms with Gasteiger partial charge in [0.25, 0.3) is 0 Å². The first-order valence-electron chi connectivity index (χ1n) is 7.96. The maximum absolute atomic E-state index is 5.29. The van der Waals surface area contributed by atoms with Crippen LogP contribution in [-0.4, -0.2) is 27.3 Å². The number of rotatable bonds is 5. The molecular weight excluding hydrogens is 314 g/mol. The third kappa shape index (κ3) is 3.14. The lowest BCUT2D eigenvalue weighted by atomic mass is 10.1. The summed E-state index contributed by atoms with van der Waals surface area (Å²) in [7, 11) is 1.66. The number of nitrogens with zero attached hydrogens (tertiary/aromatic N) is 3. The molecule has 0 radical (unpaired) electrons. The summed E-state index contributed by atoms with van der Waals surface area (Å²) in [5, 5.41) is 10.5. The zero-order valence-electron chi connectivity index (χ0n) is 13.7. The number of methoxy groups -OCH3 is 1. The molecule has 0 saturated heterocycles. The van der Waals surface area contributed by atoms with Crippen molar-refractivity contribution in [3.05, 3.63) is 66.5 Å². The number of aromatic amines is 1. The van der Waals surface area contributed by atoms with Crippen LogP contribution >= 0.6 is 0 Å². The predicted octanol–water partition coefficient (Wildman–Crippen LogP) is 3.64. The van der Waals surface area contributed by atoms with E-state index in [1.54, 1.807) is 13.3 Å². The zero-order chi connectivity index (χ0) is 17.1. The topological polar surface area (TPSA) is 75.7 Å². The van der Waals surface area contributed by atoms with Crippen molar-refractivity contribution in [1.29, 1.82) is 0 Å². The maximum Gasteiger partial charge on any atom is 0.145 e. The molecule has 0 fully saturated rings. The van der Waals surface area contributed by atoms with Crippen molar-refractivity contribution in [2.45, 2.75) is 6.54 Å². The van der Waals surface area contributed by atoms with Crippen LogP contribution in [0.5, 0.6) is 5.75 Å². The summed E-state index contributed by atoms with van der Waals surface area (Å²) in [4.78, 5) is 9.00. The fourth-order valence-corrected chi connectivity index (χ4v) is 2.70. The third-order valence-electron chi connectivity index (χ3n) is 3.98. The summed E-state index contributed by atoms with van der Waals surface area (Å²) in [6.45, 7) is 0.593. The minimum Gasteiger partial charge on any atom is -0.497 e. The summed E-state index contributed by atoms with van der Waals surface area (Å²) in [5.41, 5.74) is 4.78. The van der Waals surface area contributed by atoms with E-state index in [0.29, 0.717) is 6.54 Å². The second-order valence-corrected chi connectivity index (χ2v) is 5.60. The first-order chi connectivity index (χ1) is 12.3. The fraction of sp³-hybridized carbons (Fsp3) is 0.105. The number of anilines is 1. The van der Waals surface area contributed by atoms with E-state index in [9.17, 15) is 0 Å². The number of fused-ring (bicyclic) bond motifs is 1. The number of hydrogen-bond acceptors (Lipinski definition) is 5. The Balaban J connectivity index is 1.56. The van der Waals surface area contributed by atoms with E-state index in [1.165, 1.54) is 0 Å². The first-order valence-corrected chi connectivity index (χ1v) is 7.96. The Morgan fingerprint density at radius 1 is 1.04 bits per heavy atom. The Morgan fingerprint density at radius 2 is 1.92 bits per heavy atom. The second kappa shape index (κ2) is 6.60. The Morgan fingerprint density at radius 3 is 2.80 bits per heavy atom. The number of benzene rings is 2. The number of nitrogens with one attached hydrogen (secondary N) is 2. The Hall–Kier alpha value is -3.41. The minimum absolute atomic E-state index is 0.593. The molecule has 0 amide bonds. The zero-order valence-corrected chi connectivity index (χ0v) is 13.7. The van der Waals surface area contributed by atoms with Gasteiger partial charge in [0.1, 0.15) is 11.6 Å². The number of ether oxygens (including phenoxy) is 1. The highest BCUT2D eigenvalue weighted by Gasteiger charge is 2.09. The van der Waals surface area contributed by atoms with Gasteiger partial charge < -0.3 is 10.1 Å². The molecule has 0 aliphatic heterocycles. The predicted molar refractivity (Wildman–Crippen MR) is 97.4 cm³/mol. The lowest BCUT2D eigenvalue weighted by Crippen LogP contribution is -2.02. The summed E-state index contributed by atoms with van der Waals surface area (Å²) >= 11 is 0. The van der Waals surface area contributed by atoms with E-state index >= 15 is 0 Å². The average molecular weight is 331 g/mol. The molecule has 0 bridgehead atoms. The first kappa shape index (κ1) is 15.1. The monoisotopic (exact) mass is 331 g/mol. The number of hydrogen-bond donors (Lipinski definition) is 2. The molecule has 2 aromatic heterocycles. The Labute approximate surface area is 144 Å². The van der Waals surface area contributed by atoms with Gasteiger partial charge in [-0.2, -0.15) is 5.10 Å². The van der Waals surface area contributed by atoms with Crippen molar-refractivity contribution in [1.82, 2.24) is 20.2 Å². The molecule has 6 heteroatoms. The molecule has 0 saturated carbocycles. The van der Waals surface area contributed by atoms with Crippen molar-refractivity contribution in [3.8, 4) is 17.0 Å². The smallest absolute Gasteiger partial charge is 0.145 e. The van der Waals surface area contributed by atoms with Gasteiger partial charge in [-0.15, -0.1) is 0 Å². The third-order valence-corrected chi connectivity index (χ3v) is 3.98. The number of H-pyrrole nitrogens is 1. The van der Waals surface area contributed by atoms with Gasteiger partial charge in [-0.25, -0.2) is 4.98 Å². The van der Waals surface area contributed by atoms with Gasteiger partial charge in [-0.3, -0.25) is 10.1 Å². The molecule has 124 valence electrons. The Bertz CT molecular complexity index is 1010.